The lowest BCUT2D eigenvalue weighted by atomic mass is 10.1. The van der Waals surface area contributed by atoms with Gasteiger partial charge < -0.3 is 15.4 Å². The number of benzene rings is 1. The molecule has 0 fully saturated rings. The summed E-state index contributed by atoms with van der Waals surface area (Å²) in [5.41, 5.74) is 1.27. The van der Waals surface area contributed by atoms with E-state index in [1.807, 2.05) is 12.1 Å². The lowest BCUT2D eigenvalue weighted by Crippen LogP contribution is -2.33. The van der Waals surface area contributed by atoms with E-state index in [2.05, 4.69) is 36.6 Å². The van der Waals surface area contributed by atoms with Crippen molar-refractivity contribution in [1.82, 2.24) is 10.6 Å². The first-order chi connectivity index (χ1) is 9.65. The van der Waals surface area contributed by atoms with Crippen molar-refractivity contribution in [2.24, 2.45) is 0 Å². The molecule has 0 aliphatic rings. The summed E-state index contributed by atoms with van der Waals surface area (Å²) in [6.45, 7) is 5.66. The molecule has 1 aromatic carbocycles. The van der Waals surface area contributed by atoms with Crippen molar-refractivity contribution in [2.75, 3.05) is 20.2 Å². The molecule has 0 heterocycles. The van der Waals surface area contributed by atoms with Crippen molar-refractivity contribution in [3.05, 3.63) is 29.8 Å². The number of nitrogens with one attached hydrogen (secondary N) is 2. The number of hydrogen-bond donors (Lipinski definition) is 2. The summed E-state index contributed by atoms with van der Waals surface area (Å²) >= 11 is 0. The fraction of sp³-hybridized carbons (Fsp3) is 0.562. The van der Waals surface area contributed by atoms with E-state index in [1.54, 1.807) is 7.11 Å². The first-order valence-electron chi connectivity index (χ1n) is 7.28. The molecule has 0 saturated heterocycles. The van der Waals surface area contributed by atoms with Gasteiger partial charge in [0.15, 0.2) is 0 Å². The van der Waals surface area contributed by atoms with Crippen LogP contribution in [0.15, 0.2) is 24.3 Å². The molecule has 2 N–H and O–H groups in total. The SMILES string of the molecule is CCCNC(=O)CCNC(C)Cc1ccc(OC)cc1. The molecule has 1 aromatic rings. The van der Waals surface area contributed by atoms with E-state index in [0.717, 1.165) is 25.1 Å². The Bertz CT molecular complexity index is 390. The summed E-state index contributed by atoms with van der Waals surface area (Å²) in [6, 6.07) is 8.44. The predicted molar refractivity (Wildman–Crippen MR) is 82.1 cm³/mol. The lowest BCUT2D eigenvalue weighted by molar-refractivity contribution is -0.121. The maximum absolute atomic E-state index is 11.4. The summed E-state index contributed by atoms with van der Waals surface area (Å²) in [7, 11) is 1.67. The van der Waals surface area contributed by atoms with Crippen LogP contribution >= 0.6 is 0 Å². The van der Waals surface area contributed by atoms with Crippen molar-refractivity contribution in [3.63, 3.8) is 0 Å². The fourth-order valence-corrected chi connectivity index (χ4v) is 1.97. The molecule has 0 spiro atoms. The second-order valence-electron chi connectivity index (χ2n) is 5.01. The number of hydrogen-bond acceptors (Lipinski definition) is 3. The van der Waals surface area contributed by atoms with Gasteiger partial charge in [0.05, 0.1) is 7.11 Å². The van der Waals surface area contributed by atoms with Gasteiger partial charge in [0.1, 0.15) is 5.75 Å². The van der Waals surface area contributed by atoms with Crippen molar-refractivity contribution in [2.45, 2.75) is 39.2 Å². The highest BCUT2D eigenvalue weighted by molar-refractivity contribution is 5.75. The van der Waals surface area contributed by atoms with Crippen molar-refractivity contribution in [3.8, 4) is 5.75 Å². The van der Waals surface area contributed by atoms with Crippen molar-refractivity contribution in [1.29, 1.82) is 0 Å². The van der Waals surface area contributed by atoms with Crippen LogP contribution in [0.5, 0.6) is 5.75 Å². The predicted octanol–water partition coefficient (Wildman–Crippen LogP) is 2.13. The second kappa shape index (κ2) is 9.37. The zero-order valence-corrected chi connectivity index (χ0v) is 12.7. The summed E-state index contributed by atoms with van der Waals surface area (Å²) in [5.74, 6) is 0.998. The van der Waals surface area contributed by atoms with Crippen LogP contribution in [0.2, 0.25) is 0 Å². The van der Waals surface area contributed by atoms with Crippen LogP contribution in [0.25, 0.3) is 0 Å². The standard InChI is InChI=1S/C16H26N2O2/c1-4-10-18-16(19)9-11-17-13(2)12-14-5-7-15(20-3)8-6-14/h5-8,13,17H,4,9-12H2,1-3H3,(H,18,19). The molecule has 20 heavy (non-hydrogen) atoms. The first kappa shape index (κ1) is 16.5. The summed E-state index contributed by atoms with van der Waals surface area (Å²) < 4.78 is 5.14. The van der Waals surface area contributed by atoms with Gasteiger partial charge in [0, 0.05) is 25.6 Å². The van der Waals surface area contributed by atoms with Gasteiger partial charge in [-0.3, -0.25) is 4.79 Å². The second-order valence-corrected chi connectivity index (χ2v) is 5.01. The van der Waals surface area contributed by atoms with E-state index >= 15 is 0 Å². The Morgan fingerprint density at radius 2 is 1.95 bits per heavy atom. The molecule has 0 radical (unpaired) electrons. The largest absolute Gasteiger partial charge is 0.497 e. The van der Waals surface area contributed by atoms with Crippen LogP contribution < -0.4 is 15.4 Å². The molecule has 1 amide bonds. The highest BCUT2D eigenvalue weighted by Gasteiger charge is 2.05. The minimum absolute atomic E-state index is 0.121. The molecule has 0 saturated carbocycles. The van der Waals surface area contributed by atoms with Crippen molar-refractivity contribution >= 4 is 5.91 Å². The van der Waals surface area contributed by atoms with Crippen LogP contribution in [0.1, 0.15) is 32.3 Å². The Labute approximate surface area is 121 Å². The number of amides is 1. The number of methoxy groups -OCH3 is 1. The Balaban J connectivity index is 2.22. The van der Waals surface area contributed by atoms with Crippen molar-refractivity contribution < 1.29 is 9.53 Å². The average Bonchev–Trinajstić information content (AvgIpc) is 2.46. The van der Waals surface area contributed by atoms with E-state index in [9.17, 15) is 4.79 Å². The molecule has 1 atom stereocenters. The zero-order chi connectivity index (χ0) is 14.8. The van der Waals surface area contributed by atoms with E-state index in [1.165, 1.54) is 5.56 Å². The third-order valence-corrected chi connectivity index (χ3v) is 3.12. The van der Waals surface area contributed by atoms with Crippen LogP contribution in [0, 0.1) is 0 Å². The quantitative estimate of drug-likeness (QED) is 0.727. The summed E-state index contributed by atoms with van der Waals surface area (Å²) in [6.07, 6.45) is 2.46. The monoisotopic (exact) mass is 278 g/mol. The van der Waals surface area contributed by atoms with E-state index < -0.39 is 0 Å². The number of ether oxygens (including phenoxy) is 1. The molecular weight excluding hydrogens is 252 g/mol. The average molecular weight is 278 g/mol. The van der Waals surface area contributed by atoms with Crippen LogP contribution in [0.3, 0.4) is 0 Å². The molecule has 4 heteroatoms. The van der Waals surface area contributed by atoms with Gasteiger partial charge in [-0.15, -0.1) is 0 Å². The number of carbonyl (C=O) groups is 1. The Morgan fingerprint density at radius 3 is 2.55 bits per heavy atom. The minimum Gasteiger partial charge on any atom is -0.497 e. The maximum Gasteiger partial charge on any atom is 0.221 e. The minimum atomic E-state index is 0.121. The first-order valence-corrected chi connectivity index (χ1v) is 7.28. The maximum atomic E-state index is 11.4. The number of carbonyl (C=O) groups excluding carboxylic acids is 1. The molecule has 112 valence electrons. The van der Waals surface area contributed by atoms with E-state index in [4.69, 9.17) is 4.74 Å². The zero-order valence-electron chi connectivity index (χ0n) is 12.7. The Kier molecular flexibility index (Phi) is 7.73. The Hall–Kier alpha value is -1.55. The third kappa shape index (κ3) is 6.57. The van der Waals surface area contributed by atoms with Gasteiger partial charge in [0.2, 0.25) is 5.91 Å². The molecule has 0 aliphatic heterocycles. The van der Waals surface area contributed by atoms with Gasteiger partial charge in [-0.25, -0.2) is 0 Å². The Morgan fingerprint density at radius 1 is 1.25 bits per heavy atom. The fourth-order valence-electron chi connectivity index (χ4n) is 1.97. The normalized spacial score (nSPS) is 11.9. The molecule has 1 rings (SSSR count). The van der Waals surface area contributed by atoms with Gasteiger partial charge >= 0.3 is 0 Å². The topological polar surface area (TPSA) is 50.4 Å². The smallest absolute Gasteiger partial charge is 0.221 e. The van der Waals surface area contributed by atoms with Crippen LogP contribution in [-0.4, -0.2) is 32.1 Å². The molecule has 0 aliphatic carbocycles. The molecular formula is C16H26N2O2. The van der Waals surface area contributed by atoms with Gasteiger partial charge in [0.25, 0.3) is 0 Å². The third-order valence-electron chi connectivity index (χ3n) is 3.12. The summed E-state index contributed by atoms with van der Waals surface area (Å²) in [5, 5.41) is 6.25. The van der Waals surface area contributed by atoms with Gasteiger partial charge in [-0.1, -0.05) is 19.1 Å². The highest BCUT2D eigenvalue weighted by atomic mass is 16.5. The van der Waals surface area contributed by atoms with Crippen LogP contribution in [-0.2, 0) is 11.2 Å². The molecule has 0 aromatic heterocycles. The molecule has 0 bridgehead atoms. The molecule has 4 nitrogen and oxygen atoms in total. The van der Waals surface area contributed by atoms with Gasteiger partial charge in [-0.05, 0) is 37.5 Å². The number of rotatable bonds is 9. The molecule has 1 unspecified atom stereocenters. The van der Waals surface area contributed by atoms with E-state index in [-0.39, 0.29) is 5.91 Å². The highest BCUT2D eigenvalue weighted by Crippen LogP contribution is 2.12. The van der Waals surface area contributed by atoms with Crippen LogP contribution in [0.4, 0.5) is 0 Å². The summed E-state index contributed by atoms with van der Waals surface area (Å²) in [4.78, 5) is 11.4. The van der Waals surface area contributed by atoms with Gasteiger partial charge in [-0.2, -0.15) is 0 Å². The van der Waals surface area contributed by atoms with E-state index in [0.29, 0.717) is 19.0 Å². The lowest BCUT2D eigenvalue weighted by Gasteiger charge is -2.14.